The third kappa shape index (κ3) is 41.7. The van der Waals surface area contributed by atoms with E-state index < -0.39 is 137 Å². The molecule has 116 heavy (non-hydrogen) atoms. The molecule has 0 aliphatic carbocycles. The van der Waals surface area contributed by atoms with E-state index in [2.05, 4.69) is 17.3 Å². The predicted molar refractivity (Wildman–Crippen MR) is 424 cm³/mol. The number of aliphatic hydroxyl groups excluding tert-OH is 10. The SMILES string of the molecule is [CH2+]P(=O)(OC)OCC1C[C@@H](O)CN1C(=O)CCCCCCCCCCC(=O)CC(COCCC(=O)CCCCCC(=O)CCCCOC1OC(CO)C(O)C(O)C1C)(COCCC(=O)CCCCCC(=O)CCCCOC1OC(CO)C(O)C(O)C1C)COCCC(=O)NCCCNC(=O)CCCCOC1OC(CO)C(O)C(O)C1C. The van der Waals surface area contributed by atoms with Crippen LogP contribution in [0.15, 0.2) is 0 Å². The Balaban J connectivity index is 1.28. The first-order valence-corrected chi connectivity index (χ1v) is 44.5. The first-order valence-electron chi connectivity index (χ1n) is 42.8. The Morgan fingerprint density at radius 2 is 0.750 bits per heavy atom. The van der Waals surface area contributed by atoms with Crippen LogP contribution in [-0.2, 0) is 94.6 Å². The van der Waals surface area contributed by atoms with Gasteiger partial charge in [0.15, 0.2) is 25.5 Å². The number of amides is 3. The van der Waals surface area contributed by atoms with Gasteiger partial charge in [0, 0.05) is 153 Å². The van der Waals surface area contributed by atoms with Gasteiger partial charge in [-0.3, -0.25) is 47.4 Å². The number of ether oxygens (including phenoxy) is 9. The molecule has 12 N–H and O–H groups in total. The first-order chi connectivity index (χ1) is 55.6. The van der Waals surface area contributed by atoms with Crippen LogP contribution >= 0.6 is 7.60 Å². The number of hydrogen-bond donors (Lipinski definition) is 12. The van der Waals surface area contributed by atoms with Gasteiger partial charge in [0.1, 0.15) is 65.5 Å². The first kappa shape index (κ1) is 104. The summed E-state index contributed by atoms with van der Waals surface area (Å²) >= 11 is 0. The third-order valence-corrected chi connectivity index (χ3v) is 23.2. The molecule has 4 aliphatic rings. The molecule has 3 amide bonds. The zero-order valence-electron chi connectivity index (χ0n) is 69.6. The molecule has 0 bridgehead atoms. The monoisotopic (exact) mass is 1680 g/mol. The molecule has 0 saturated carbocycles. The number of β-amino-alcohol motifs (C(OH)–C–C–N with tert-alkyl or cyclic N) is 1. The number of hydrogen-bond acceptors (Lipinski definition) is 30. The van der Waals surface area contributed by atoms with Crippen molar-refractivity contribution >= 4 is 54.2 Å². The van der Waals surface area contributed by atoms with E-state index >= 15 is 0 Å². The quantitative estimate of drug-likeness (QED) is 0.0210. The lowest BCUT2D eigenvalue weighted by molar-refractivity contribution is -0.282. The summed E-state index contributed by atoms with van der Waals surface area (Å²) in [5, 5.41) is 106. The van der Waals surface area contributed by atoms with Crippen molar-refractivity contribution in [3.63, 3.8) is 0 Å². The minimum Gasteiger partial charge on any atom is -0.394 e. The van der Waals surface area contributed by atoms with Crippen molar-refractivity contribution in [3.05, 3.63) is 6.66 Å². The van der Waals surface area contributed by atoms with Gasteiger partial charge in [0.2, 0.25) is 17.7 Å². The summed E-state index contributed by atoms with van der Waals surface area (Å²) < 4.78 is 75.1. The summed E-state index contributed by atoms with van der Waals surface area (Å²) in [6.07, 6.45) is 4.10. The van der Waals surface area contributed by atoms with Gasteiger partial charge >= 0.3 is 7.60 Å². The van der Waals surface area contributed by atoms with Gasteiger partial charge in [0.05, 0.1) is 96.5 Å². The second kappa shape index (κ2) is 59.7. The minimum atomic E-state index is -3.50. The van der Waals surface area contributed by atoms with Crippen molar-refractivity contribution in [3.8, 4) is 0 Å². The van der Waals surface area contributed by atoms with Crippen molar-refractivity contribution in [1.29, 1.82) is 0 Å². The summed E-state index contributed by atoms with van der Waals surface area (Å²) in [6.45, 7) is 8.38. The van der Waals surface area contributed by atoms with E-state index in [4.69, 9.17) is 51.7 Å². The van der Waals surface area contributed by atoms with E-state index in [0.717, 1.165) is 38.5 Å². The number of ketones is 5. The number of likely N-dealkylation sites (tertiary alicyclic amines) is 1. The fourth-order valence-electron chi connectivity index (χ4n) is 14.5. The van der Waals surface area contributed by atoms with Crippen molar-refractivity contribution in [2.75, 3.05) is 113 Å². The van der Waals surface area contributed by atoms with Crippen molar-refractivity contribution in [2.24, 2.45) is 23.2 Å². The highest BCUT2D eigenvalue weighted by Gasteiger charge is 2.46. The number of nitrogens with zero attached hydrogens (tertiary/aromatic N) is 1. The van der Waals surface area contributed by atoms with Crippen LogP contribution in [0.3, 0.4) is 0 Å². The molecule has 18 atom stereocenters. The van der Waals surface area contributed by atoms with E-state index in [1.165, 1.54) is 7.11 Å². The molecule has 4 rings (SSSR count). The van der Waals surface area contributed by atoms with Gasteiger partial charge < -0.3 is 109 Å². The fraction of sp³-hybridized carbons (Fsp3) is 0.890. The van der Waals surface area contributed by atoms with E-state index in [-0.39, 0.29) is 177 Å². The molecule has 0 aromatic heterocycles. The number of nitrogens with one attached hydrogen (secondary N) is 2. The average molecular weight is 1680 g/mol. The molecule has 4 fully saturated rings. The molecule has 0 aromatic carbocycles. The van der Waals surface area contributed by atoms with Crippen LogP contribution in [-0.4, -0.2) is 301 Å². The Hall–Kier alpha value is -3.98. The second-order valence-electron chi connectivity index (χ2n) is 32.1. The molecule has 17 unspecified atom stereocenters. The Morgan fingerprint density at radius 1 is 0.422 bits per heavy atom. The van der Waals surface area contributed by atoms with Crippen LogP contribution in [0.2, 0.25) is 0 Å². The lowest BCUT2D eigenvalue weighted by atomic mass is 9.83. The van der Waals surface area contributed by atoms with Crippen LogP contribution < -0.4 is 10.6 Å². The maximum atomic E-state index is 14.2. The topological polar surface area (TPSA) is 485 Å². The van der Waals surface area contributed by atoms with Crippen LogP contribution in [0, 0.1) is 29.8 Å². The smallest absolute Gasteiger partial charge is 0.394 e. The summed E-state index contributed by atoms with van der Waals surface area (Å²) in [7, 11) is -2.27. The molecule has 0 aromatic rings. The zero-order chi connectivity index (χ0) is 85.3. The fourth-order valence-corrected chi connectivity index (χ4v) is 15.0. The standard InChI is InChI=1S/C82H144N3O30P/c1-57-73(98)76(101)67(50-86)113-79(57)109-41-23-20-31-61(89)27-15-12-17-29-63(91)36-44-106-54-82(48-65(93)33-14-10-8-6-7-9-11-19-35-72(97)85-49-66(94)47-60(85)53-112-116(5,104)105-4,55-107-45-37-64(92)30-18-13-16-28-62(90)32-21-24-42-110-80-58(2)74(99)77(102)68(51-87)114-80)56-108-46-38-71(96)84-40-26-39-83-70(95)34-22-25-43-111-81-59(3)75(100)78(103)69(52-88)115-81/h57-60,66-69,73-81,86-88,94,98-103H,5-56H2,1-4H3,(H-,83,84,95,96)/p+1/t57?,58?,59?,60?,66-,67?,68?,69?,73?,74?,75?,76?,77?,78?,79?,80?,81?,82?,116?/m1/s1. The number of Topliss-reactive ketones (excluding diaryl/α,β-unsaturated/α-hetero) is 5. The van der Waals surface area contributed by atoms with Crippen molar-refractivity contribution in [1.82, 2.24) is 15.5 Å². The molecule has 34 heteroatoms. The highest BCUT2D eigenvalue weighted by atomic mass is 31.2. The molecule has 4 saturated heterocycles. The third-order valence-electron chi connectivity index (χ3n) is 22.1. The van der Waals surface area contributed by atoms with Crippen LogP contribution in [0.1, 0.15) is 245 Å². The van der Waals surface area contributed by atoms with E-state index in [9.17, 15) is 94.0 Å². The second-order valence-corrected chi connectivity index (χ2v) is 34.0. The molecular formula is C82H145N3O30P+. The largest absolute Gasteiger partial charge is 0.509 e. The Kier molecular flexibility index (Phi) is 53.7. The molecule has 4 aliphatic heterocycles. The average Bonchev–Trinajstić information content (AvgIpc) is 0.970. The summed E-state index contributed by atoms with van der Waals surface area (Å²) in [6, 6.07) is -0.427. The van der Waals surface area contributed by atoms with E-state index in [1.807, 2.05) is 0 Å². The van der Waals surface area contributed by atoms with Crippen molar-refractivity contribution in [2.45, 2.75) is 331 Å². The molecule has 0 spiro atoms. The number of rotatable bonds is 69. The van der Waals surface area contributed by atoms with Crippen molar-refractivity contribution < 1.29 is 146 Å². The summed E-state index contributed by atoms with van der Waals surface area (Å²) in [4.78, 5) is 107. The van der Waals surface area contributed by atoms with Gasteiger partial charge in [-0.1, -0.05) is 72.1 Å². The summed E-state index contributed by atoms with van der Waals surface area (Å²) in [5.74, 6) is -2.12. The van der Waals surface area contributed by atoms with Gasteiger partial charge in [-0.05, 0) is 89.9 Å². The van der Waals surface area contributed by atoms with Crippen LogP contribution in [0.25, 0.3) is 0 Å². The zero-order valence-corrected chi connectivity index (χ0v) is 70.5. The predicted octanol–water partition coefficient (Wildman–Crippen LogP) is 5.25. The highest BCUT2D eigenvalue weighted by Crippen LogP contribution is 2.46. The Morgan fingerprint density at radius 3 is 1.14 bits per heavy atom. The lowest BCUT2D eigenvalue weighted by Gasteiger charge is -2.40. The number of aliphatic hydroxyl groups is 10. The molecule has 0 radical (unpaired) electrons. The van der Waals surface area contributed by atoms with Gasteiger partial charge in [-0.2, -0.15) is 0 Å². The maximum Gasteiger partial charge on any atom is 0.509 e. The number of carbonyl (C=O) groups is 8. The van der Waals surface area contributed by atoms with Gasteiger partial charge in [0.25, 0.3) is 0 Å². The van der Waals surface area contributed by atoms with E-state index in [0.29, 0.717) is 141 Å². The minimum absolute atomic E-state index is 0.0284. The number of carbonyl (C=O) groups excluding carboxylic acids is 8. The normalized spacial score (nSPS) is 26.6. The Bertz CT molecular complexity index is 2600. The Labute approximate surface area is 686 Å². The summed E-state index contributed by atoms with van der Waals surface area (Å²) in [5.41, 5.74) is -1.10. The number of unbranched alkanes of at least 4 members (excludes halogenated alkanes) is 14. The van der Waals surface area contributed by atoms with E-state index in [1.54, 1.807) is 25.7 Å². The molecular weight excluding hydrogens is 1540 g/mol. The lowest BCUT2D eigenvalue weighted by Crippen LogP contribution is -2.55. The molecule has 672 valence electrons. The maximum absolute atomic E-state index is 14.2. The molecule has 4 heterocycles. The van der Waals surface area contributed by atoms with Crippen LogP contribution in [0.4, 0.5) is 0 Å². The van der Waals surface area contributed by atoms with Gasteiger partial charge in [-0.25, -0.2) is 4.57 Å². The van der Waals surface area contributed by atoms with Gasteiger partial charge in [-0.15, -0.1) is 0 Å². The molecule has 33 nitrogen and oxygen atoms in total. The van der Waals surface area contributed by atoms with Crippen LogP contribution in [0.5, 0.6) is 0 Å². The highest BCUT2D eigenvalue weighted by molar-refractivity contribution is 7.55.